The van der Waals surface area contributed by atoms with Gasteiger partial charge in [-0.15, -0.1) is 37.0 Å². The fourth-order valence-electron chi connectivity index (χ4n) is 4.09. The van der Waals surface area contributed by atoms with Crippen molar-refractivity contribution in [2.45, 2.75) is 65.8 Å². The molecule has 0 bridgehead atoms. The van der Waals surface area contributed by atoms with Crippen LogP contribution in [0, 0.1) is 0 Å². The second-order valence-corrected chi connectivity index (χ2v) is 12.9. The summed E-state index contributed by atoms with van der Waals surface area (Å²) in [6.07, 6.45) is 1.17. The van der Waals surface area contributed by atoms with Gasteiger partial charge in [-0.2, -0.15) is 0 Å². The van der Waals surface area contributed by atoms with E-state index in [0.29, 0.717) is 29.2 Å². The van der Waals surface area contributed by atoms with E-state index in [2.05, 4.69) is 42.5 Å². The Bertz CT molecular complexity index is 1450. The molecule has 0 spiro atoms. The number of benzene rings is 3. The number of nitrogens with one attached hydrogen (secondary N) is 2. The third-order valence-corrected chi connectivity index (χ3v) is 7.52. The molecule has 0 fully saturated rings. The molecule has 3 rings (SSSR count). The molecule has 0 saturated heterocycles. The molecule has 44 heavy (non-hydrogen) atoms. The van der Waals surface area contributed by atoms with Crippen LogP contribution in [-0.4, -0.2) is 43.3 Å². The maximum Gasteiger partial charge on any atom is 0.408 e. The SMILES string of the molecule is C=CCOc1ccc(CC(NC(=O)OC(C)(C)C)C(=O)NCc2cc(CSc3cc(S)cc(S)c3)cc(C(=O)OC)c2)cc1. The molecule has 1 unspecified atom stereocenters. The zero-order valence-electron chi connectivity index (χ0n) is 25.2. The van der Waals surface area contributed by atoms with Crippen molar-refractivity contribution in [3.05, 3.63) is 95.6 Å². The van der Waals surface area contributed by atoms with Crippen molar-refractivity contribution in [1.82, 2.24) is 10.6 Å². The van der Waals surface area contributed by atoms with E-state index in [-0.39, 0.29) is 13.0 Å². The normalized spacial score (nSPS) is 11.7. The van der Waals surface area contributed by atoms with E-state index in [9.17, 15) is 14.4 Å². The Kier molecular flexibility index (Phi) is 13.1. The minimum Gasteiger partial charge on any atom is -0.490 e. The van der Waals surface area contributed by atoms with E-state index in [1.165, 1.54) is 7.11 Å². The molecule has 0 aliphatic carbocycles. The molecule has 0 aliphatic heterocycles. The summed E-state index contributed by atoms with van der Waals surface area (Å²) in [5, 5.41) is 5.60. The van der Waals surface area contributed by atoms with Crippen molar-refractivity contribution in [1.29, 1.82) is 0 Å². The van der Waals surface area contributed by atoms with Gasteiger partial charge in [-0.05, 0) is 79.9 Å². The fraction of sp³-hybridized carbons (Fsp3) is 0.303. The quantitative estimate of drug-likeness (QED) is 0.0708. The number of amides is 2. The average Bonchev–Trinajstić information content (AvgIpc) is 2.96. The summed E-state index contributed by atoms with van der Waals surface area (Å²) >= 11 is 10.4. The topological polar surface area (TPSA) is 103 Å². The van der Waals surface area contributed by atoms with Crippen molar-refractivity contribution in [3.63, 3.8) is 0 Å². The number of hydrogen-bond acceptors (Lipinski definition) is 9. The molecule has 234 valence electrons. The Hall–Kier alpha value is -3.54. The molecule has 8 nitrogen and oxygen atoms in total. The predicted molar refractivity (Wildman–Crippen MR) is 179 cm³/mol. The van der Waals surface area contributed by atoms with Gasteiger partial charge in [0, 0.05) is 33.4 Å². The fourth-order valence-corrected chi connectivity index (χ4v) is 5.84. The molecule has 3 aromatic rings. The van der Waals surface area contributed by atoms with Crippen LogP contribution in [0.2, 0.25) is 0 Å². The maximum atomic E-state index is 13.4. The summed E-state index contributed by atoms with van der Waals surface area (Å²) in [6.45, 7) is 9.39. The Morgan fingerprint density at radius 2 is 1.61 bits per heavy atom. The van der Waals surface area contributed by atoms with E-state index in [0.717, 1.165) is 25.8 Å². The van der Waals surface area contributed by atoms with E-state index in [1.807, 2.05) is 36.4 Å². The standard InChI is InChI=1S/C33H38N2O6S3/c1-6-11-40-25-9-7-21(8-10-25)15-29(35-32(38)41-33(2,3)4)30(36)34-19-22-12-23(14-24(13-22)31(37)39-5)20-44-28-17-26(42)16-27(43)18-28/h6-10,12-14,16-18,29,42-43H,1,11,15,19-20H2,2-5H3,(H,34,36)(H,35,38). The second kappa shape index (κ2) is 16.5. The Morgan fingerprint density at radius 1 is 0.955 bits per heavy atom. The number of carbonyl (C=O) groups is 3. The lowest BCUT2D eigenvalue weighted by molar-refractivity contribution is -0.123. The van der Waals surface area contributed by atoms with Crippen molar-refractivity contribution in [2.24, 2.45) is 0 Å². The van der Waals surface area contributed by atoms with Crippen molar-refractivity contribution in [2.75, 3.05) is 13.7 Å². The second-order valence-electron chi connectivity index (χ2n) is 10.9. The van der Waals surface area contributed by atoms with Crippen LogP contribution >= 0.6 is 37.0 Å². The summed E-state index contributed by atoms with van der Waals surface area (Å²) in [5.74, 6) is 0.336. The van der Waals surface area contributed by atoms with Gasteiger partial charge >= 0.3 is 12.1 Å². The lowest BCUT2D eigenvalue weighted by Crippen LogP contribution is -2.49. The summed E-state index contributed by atoms with van der Waals surface area (Å²) in [5.41, 5.74) is 2.02. The summed E-state index contributed by atoms with van der Waals surface area (Å²) in [6, 6.07) is 17.4. The van der Waals surface area contributed by atoms with Crippen LogP contribution in [0.15, 0.2) is 88.0 Å². The van der Waals surface area contributed by atoms with Crippen molar-refractivity contribution < 1.29 is 28.6 Å². The van der Waals surface area contributed by atoms with Crippen LogP contribution in [-0.2, 0) is 33.0 Å². The van der Waals surface area contributed by atoms with Gasteiger partial charge in [-0.3, -0.25) is 4.79 Å². The Morgan fingerprint density at radius 3 is 2.23 bits per heavy atom. The van der Waals surface area contributed by atoms with Crippen LogP contribution in [0.25, 0.3) is 0 Å². The first-order chi connectivity index (χ1) is 20.8. The van der Waals surface area contributed by atoms with E-state index in [1.54, 1.807) is 62.9 Å². The van der Waals surface area contributed by atoms with E-state index >= 15 is 0 Å². The monoisotopic (exact) mass is 654 g/mol. The molecule has 2 N–H and O–H groups in total. The highest BCUT2D eigenvalue weighted by molar-refractivity contribution is 7.98. The molecule has 11 heteroatoms. The first kappa shape index (κ1) is 34.9. The van der Waals surface area contributed by atoms with Crippen LogP contribution in [0.4, 0.5) is 4.79 Å². The van der Waals surface area contributed by atoms with E-state index < -0.39 is 29.6 Å². The van der Waals surface area contributed by atoms with Crippen LogP contribution in [0.1, 0.15) is 47.8 Å². The van der Waals surface area contributed by atoms with Crippen LogP contribution in [0.5, 0.6) is 5.75 Å². The minimum atomic E-state index is -0.924. The number of methoxy groups -OCH3 is 1. The highest BCUT2D eigenvalue weighted by Crippen LogP contribution is 2.28. The van der Waals surface area contributed by atoms with Gasteiger partial charge in [0.1, 0.15) is 24.0 Å². The number of thioether (sulfide) groups is 1. The van der Waals surface area contributed by atoms with Crippen LogP contribution < -0.4 is 15.4 Å². The molecule has 0 heterocycles. The van der Waals surface area contributed by atoms with Crippen molar-refractivity contribution in [3.8, 4) is 5.75 Å². The van der Waals surface area contributed by atoms with Gasteiger partial charge in [0.25, 0.3) is 0 Å². The summed E-state index contributed by atoms with van der Waals surface area (Å²) < 4.78 is 15.9. The van der Waals surface area contributed by atoms with Crippen molar-refractivity contribution >= 4 is 55.0 Å². The lowest BCUT2D eigenvalue weighted by atomic mass is 10.0. The lowest BCUT2D eigenvalue weighted by Gasteiger charge is -2.23. The molecule has 0 radical (unpaired) electrons. The molecule has 0 saturated carbocycles. The van der Waals surface area contributed by atoms with Gasteiger partial charge in [-0.1, -0.05) is 30.9 Å². The third-order valence-electron chi connectivity index (χ3n) is 5.96. The molecule has 2 amide bonds. The summed E-state index contributed by atoms with van der Waals surface area (Å²) in [7, 11) is 1.32. The maximum absolute atomic E-state index is 13.4. The highest BCUT2D eigenvalue weighted by atomic mass is 32.2. The first-order valence-corrected chi connectivity index (χ1v) is 15.7. The molecule has 3 aromatic carbocycles. The molecular weight excluding hydrogens is 617 g/mol. The summed E-state index contributed by atoms with van der Waals surface area (Å²) in [4.78, 5) is 41.1. The van der Waals surface area contributed by atoms with Gasteiger partial charge in [0.05, 0.1) is 12.7 Å². The Labute approximate surface area is 274 Å². The highest BCUT2D eigenvalue weighted by Gasteiger charge is 2.25. The zero-order chi connectivity index (χ0) is 32.3. The largest absolute Gasteiger partial charge is 0.490 e. The van der Waals surface area contributed by atoms with Gasteiger partial charge in [0.2, 0.25) is 5.91 Å². The zero-order valence-corrected chi connectivity index (χ0v) is 27.8. The van der Waals surface area contributed by atoms with Crippen LogP contribution in [0.3, 0.4) is 0 Å². The number of ether oxygens (including phenoxy) is 3. The van der Waals surface area contributed by atoms with Gasteiger partial charge < -0.3 is 24.8 Å². The minimum absolute atomic E-state index is 0.120. The smallest absolute Gasteiger partial charge is 0.408 e. The average molecular weight is 655 g/mol. The number of rotatable bonds is 13. The third kappa shape index (κ3) is 11.9. The molecule has 0 aromatic heterocycles. The van der Waals surface area contributed by atoms with Gasteiger partial charge in [-0.25, -0.2) is 9.59 Å². The predicted octanol–water partition coefficient (Wildman–Crippen LogP) is 6.66. The van der Waals surface area contributed by atoms with Gasteiger partial charge in [0.15, 0.2) is 0 Å². The molecule has 1 atom stereocenters. The number of carbonyl (C=O) groups excluding carboxylic acids is 3. The number of esters is 1. The number of hydrogen-bond donors (Lipinski definition) is 4. The first-order valence-electron chi connectivity index (χ1n) is 13.8. The molecular formula is C33H38N2O6S3. The molecule has 0 aliphatic rings. The number of thiol groups is 2. The van der Waals surface area contributed by atoms with E-state index in [4.69, 9.17) is 14.2 Å². The Balaban J connectivity index is 1.77. The number of alkyl carbamates (subject to hydrolysis) is 1.